The maximum Gasteiger partial charge on any atom is 0.460 e. The molecule has 1 aromatic heterocycles. The molecule has 0 bridgehead atoms. The zero-order valence-corrected chi connectivity index (χ0v) is 29.5. The normalized spacial score (nSPS) is 14.2. The van der Waals surface area contributed by atoms with Gasteiger partial charge in [0, 0.05) is 16.8 Å². The van der Waals surface area contributed by atoms with Crippen LogP contribution < -0.4 is 0 Å². The molecule has 0 amide bonds. The zero-order valence-electron chi connectivity index (χ0n) is 27.1. The van der Waals surface area contributed by atoms with Crippen LogP contribution in [0, 0.1) is 4.51 Å². The highest BCUT2D eigenvalue weighted by molar-refractivity contribution is 7.97. The number of hydrogen-bond acceptors (Lipinski definition) is 5. The number of fused-ring (bicyclic) bond motifs is 2. The van der Waals surface area contributed by atoms with Gasteiger partial charge in [-0.2, -0.15) is 74.6 Å². The van der Waals surface area contributed by atoms with Crippen molar-refractivity contribution in [3.05, 3.63) is 108 Å². The minimum absolute atomic E-state index is 0.201. The van der Waals surface area contributed by atoms with Gasteiger partial charge in [0.25, 0.3) is 0 Å². The molecule has 4 aromatic carbocycles. The predicted octanol–water partition coefficient (Wildman–Crippen LogP) is 11.9. The molecule has 0 aliphatic heterocycles. The van der Waals surface area contributed by atoms with Crippen molar-refractivity contribution in [3.8, 4) is 0 Å². The second kappa shape index (κ2) is 14.9. The van der Waals surface area contributed by atoms with Crippen LogP contribution in [-0.2, 0) is 21.0 Å². The first-order valence-corrected chi connectivity index (χ1v) is 17.8. The highest BCUT2D eigenvalue weighted by Gasteiger charge is 2.95. The molecule has 0 unspecified atom stereocenters. The molecule has 0 aliphatic rings. The minimum Gasteiger partial charge on any atom is -0.743 e. The first-order valence-electron chi connectivity index (χ1n) is 14.8. The van der Waals surface area contributed by atoms with Gasteiger partial charge < -0.3 is 8.97 Å². The van der Waals surface area contributed by atoms with E-state index in [2.05, 4.69) is 78.9 Å². The van der Waals surface area contributed by atoms with Gasteiger partial charge in [-0.1, -0.05) is 60.7 Å². The monoisotopic (exact) mass is 896 g/mol. The molecule has 5 rings (SSSR count). The Balaban J connectivity index is 0.000000252. The smallest absolute Gasteiger partial charge is 0.460 e. The molecule has 1 heterocycles. The van der Waals surface area contributed by atoms with Gasteiger partial charge in [0.1, 0.15) is 11.2 Å². The summed E-state index contributed by atoms with van der Waals surface area (Å²) in [6.45, 7) is 0. The SMILES string of the molecule is O=S(=O)([O-])C(F)(F)C(F)(F)C(F)(F)C(F)(F)C(F)(F)C(F)(F)C(F)(F)C(F)(F)F.S=c1c2ccccc2oc2ccc([S+](c3ccccc3)c3ccccc3)cc12. The van der Waals surface area contributed by atoms with Crippen LogP contribution in [0.25, 0.3) is 21.9 Å². The van der Waals surface area contributed by atoms with Crippen molar-refractivity contribution < 1.29 is 92.0 Å². The van der Waals surface area contributed by atoms with E-state index in [1.807, 2.05) is 24.3 Å². The fourth-order valence-electron chi connectivity index (χ4n) is 4.74. The number of para-hydroxylation sites is 1. The fraction of sp³-hybridized carbons (Fsp3) is 0.242. The number of halogens is 17. The molecule has 0 aliphatic carbocycles. The molecule has 0 atom stereocenters. The van der Waals surface area contributed by atoms with Crippen LogP contribution in [0.2, 0.25) is 0 Å². The minimum atomic E-state index is -8.92. The molecular formula is C33H17F17O4S3. The summed E-state index contributed by atoms with van der Waals surface area (Å²) in [4.78, 5) is 3.81. The number of benzene rings is 4. The third-order valence-corrected chi connectivity index (χ3v) is 11.3. The van der Waals surface area contributed by atoms with Crippen LogP contribution >= 0.6 is 12.2 Å². The van der Waals surface area contributed by atoms with Crippen LogP contribution in [0.15, 0.2) is 122 Å². The van der Waals surface area contributed by atoms with Crippen molar-refractivity contribution in [2.75, 3.05) is 0 Å². The lowest BCUT2D eigenvalue weighted by atomic mass is 9.91. The summed E-state index contributed by atoms with van der Waals surface area (Å²) in [5.41, 5.74) is 1.66. The highest BCUT2D eigenvalue weighted by Crippen LogP contribution is 2.64. The van der Waals surface area contributed by atoms with E-state index in [-0.39, 0.29) is 10.9 Å². The van der Waals surface area contributed by atoms with Gasteiger partial charge >= 0.3 is 47.0 Å². The fourth-order valence-corrected chi connectivity index (χ4v) is 7.62. The van der Waals surface area contributed by atoms with Crippen molar-refractivity contribution in [2.45, 2.75) is 61.7 Å². The molecule has 0 radical (unpaired) electrons. The second-order valence-corrected chi connectivity index (χ2v) is 15.3. The molecule has 0 N–H and O–H groups in total. The molecule has 0 spiro atoms. The Labute approximate surface area is 316 Å². The van der Waals surface area contributed by atoms with Gasteiger partial charge in [0.15, 0.2) is 24.8 Å². The van der Waals surface area contributed by atoms with Gasteiger partial charge in [-0.3, -0.25) is 0 Å². The van der Waals surface area contributed by atoms with Crippen molar-refractivity contribution in [1.29, 1.82) is 0 Å². The summed E-state index contributed by atoms with van der Waals surface area (Å²) in [6.07, 6.45) is -7.89. The summed E-state index contributed by atoms with van der Waals surface area (Å²) < 4.78 is 251. The van der Waals surface area contributed by atoms with E-state index in [4.69, 9.17) is 16.6 Å². The molecule has 4 nitrogen and oxygen atoms in total. The third-order valence-electron chi connectivity index (χ3n) is 7.75. The van der Waals surface area contributed by atoms with E-state index >= 15 is 0 Å². The molecule has 0 saturated heterocycles. The Morgan fingerprint density at radius 1 is 0.474 bits per heavy atom. The van der Waals surface area contributed by atoms with E-state index in [1.54, 1.807) is 0 Å². The van der Waals surface area contributed by atoms with Crippen LogP contribution in [0.1, 0.15) is 0 Å². The maximum absolute atomic E-state index is 13.0. The van der Waals surface area contributed by atoms with Crippen molar-refractivity contribution >= 4 is 55.2 Å². The van der Waals surface area contributed by atoms with E-state index in [0.717, 1.165) is 26.4 Å². The van der Waals surface area contributed by atoms with Gasteiger partial charge in [-0.15, -0.1) is 0 Å². The third kappa shape index (κ3) is 7.41. The summed E-state index contributed by atoms with van der Waals surface area (Å²) in [5.74, 6) is -52.1. The van der Waals surface area contributed by atoms with Crippen LogP contribution in [0.3, 0.4) is 0 Å². The van der Waals surface area contributed by atoms with E-state index in [0.29, 0.717) is 0 Å². The van der Waals surface area contributed by atoms with Gasteiger partial charge in [0.2, 0.25) is 0 Å². The lowest BCUT2D eigenvalue weighted by Crippen LogP contribution is -2.75. The summed E-state index contributed by atoms with van der Waals surface area (Å²) in [5, 5.41) is -5.97. The molecule has 310 valence electrons. The lowest BCUT2D eigenvalue weighted by Gasteiger charge is -2.42. The standard InChI is InChI=1S/C25H17OS2.C8HF17O3S/c27-25-21-13-7-8-14-23(21)26-24-16-15-20(17-22(24)25)28(18-9-3-1-4-10-18)19-11-5-2-6-12-19;9-1(10,3(13,14)5(17,18)7(21,22)23)2(11,12)4(15,16)6(19,20)8(24,25)29(26,27)28/h1-17H;(H,26,27,28)/q+1;/p-1. The maximum atomic E-state index is 13.0. The number of rotatable bonds is 10. The quantitative estimate of drug-likeness (QED) is 0.0459. The van der Waals surface area contributed by atoms with Crippen molar-refractivity contribution in [1.82, 2.24) is 0 Å². The molecule has 0 fully saturated rings. The molecule has 5 aromatic rings. The Morgan fingerprint density at radius 3 is 1.30 bits per heavy atom. The largest absolute Gasteiger partial charge is 0.743 e. The molecule has 57 heavy (non-hydrogen) atoms. The number of alkyl halides is 17. The van der Waals surface area contributed by atoms with Crippen molar-refractivity contribution in [2.24, 2.45) is 0 Å². The van der Waals surface area contributed by atoms with E-state index < -0.39 is 57.1 Å². The van der Waals surface area contributed by atoms with Crippen LogP contribution in [0.4, 0.5) is 74.6 Å². The van der Waals surface area contributed by atoms with E-state index in [1.165, 1.54) is 14.7 Å². The Bertz CT molecular complexity index is 2360. The predicted molar refractivity (Wildman–Crippen MR) is 170 cm³/mol. The summed E-state index contributed by atoms with van der Waals surface area (Å²) >= 11 is 5.82. The van der Waals surface area contributed by atoms with E-state index in [9.17, 15) is 87.6 Å². The first-order chi connectivity index (χ1) is 25.8. The van der Waals surface area contributed by atoms with Crippen LogP contribution in [-0.4, -0.2) is 59.9 Å². The lowest BCUT2D eigenvalue weighted by molar-refractivity contribution is -0.458. The zero-order chi connectivity index (χ0) is 43.4. The molecule has 0 saturated carbocycles. The molecular weight excluding hydrogens is 880 g/mol. The second-order valence-electron chi connectivity index (χ2n) is 11.4. The van der Waals surface area contributed by atoms with Gasteiger partial charge in [-0.25, -0.2) is 8.42 Å². The van der Waals surface area contributed by atoms with Gasteiger partial charge in [0.05, 0.1) is 15.4 Å². The summed E-state index contributed by atoms with van der Waals surface area (Å²) in [7, 11) is -8.34. The summed E-state index contributed by atoms with van der Waals surface area (Å²) in [6, 6.07) is 35.7. The molecule has 24 heteroatoms. The van der Waals surface area contributed by atoms with Gasteiger partial charge in [-0.05, 0) is 48.5 Å². The Kier molecular flexibility index (Phi) is 11.9. The first kappa shape index (κ1) is 45.5. The average molecular weight is 897 g/mol. The number of hydrogen-bond donors (Lipinski definition) is 0. The van der Waals surface area contributed by atoms with Crippen LogP contribution in [0.5, 0.6) is 0 Å². The van der Waals surface area contributed by atoms with Crippen molar-refractivity contribution in [3.63, 3.8) is 0 Å². The average Bonchev–Trinajstić information content (AvgIpc) is 3.12. The Morgan fingerprint density at radius 2 is 0.860 bits per heavy atom. The Hall–Kier alpha value is -4.16. The topological polar surface area (TPSA) is 70.3 Å². The highest BCUT2D eigenvalue weighted by atomic mass is 32.2.